The highest BCUT2D eigenvalue weighted by Crippen LogP contribution is 2.32. The molecule has 0 atom stereocenters. The van der Waals surface area contributed by atoms with E-state index in [4.69, 9.17) is 25.8 Å². The van der Waals surface area contributed by atoms with E-state index in [-0.39, 0.29) is 12.7 Å². The molecule has 5 rings (SSSR count). The maximum atomic E-state index is 12.3. The molecular weight excluding hydrogens is 478 g/mol. The summed E-state index contributed by atoms with van der Waals surface area (Å²) < 4.78 is 16.5. The van der Waals surface area contributed by atoms with Gasteiger partial charge in [-0.15, -0.1) is 0 Å². The molecule has 1 N–H and O–H groups in total. The maximum Gasteiger partial charge on any atom is 0.251 e. The Hall–Kier alpha value is -3.42. The average molecular weight is 508 g/mol. The molecule has 2 aliphatic rings. The molecule has 1 fully saturated rings. The van der Waals surface area contributed by atoms with E-state index in [1.54, 1.807) is 18.2 Å². The zero-order valence-corrected chi connectivity index (χ0v) is 20.9. The Kier molecular flexibility index (Phi) is 7.79. The monoisotopic (exact) mass is 507 g/mol. The van der Waals surface area contributed by atoms with Crippen LogP contribution in [0.25, 0.3) is 0 Å². The van der Waals surface area contributed by atoms with Gasteiger partial charge in [-0.2, -0.15) is 0 Å². The second-order valence-corrected chi connectivity index (χ2v) is 9.29. The van der Waals surface area contributed by atoms with E-state index in [0.29, 0.717) is 36.6 Å². The molecule has 0 saturated carbocycles. The minimum Gasteiger partial charge on any atom is -0.494 e. The SMILES string of the molecule is O=C(NCCCOc1ccc(CN2CCN(c3ccccc3Cl)CC2)cc1)c1ccc2c(c1)OCO2. The number of rotatable bonds is 9. The number of nitrogens with one attached hydrogen (secondary N) is 1. The summed E-state index contributed by atoms with van der Waals surface area (Å²) in [7, 11) is 0. The summed E-state index contributed by atoms with van der Waals surface area (Å²) in [6.45, 7) is 6.12. The Morgan fingerprint density at radius 1 is 0.944 bits per heavy atom. The first-order valence-electron chi connectivity index (χ1n) is 12.3. The van der Waals surface area contributed by atoms with E-state index in [2.05, 4.69) is 33.3 Å². The topological polar surface area (TPSA) is 63.3 Å². The van der Waals surface area contributed by atoms with Crippen LogP contribution in [0.3, 0.4) is 0 Å². The van der Waals surface area contributed by atoms with Crippen LogP contribution in [0.15, 0.2) is 66.7 Å². The summed E-state index contributed by atoms with van der Waals surface area (Å²) in [6, 6.07) is 21.5. The van der Waals surface area contributed by atoms with Gasteiger partial charge in [-0.05, 0) is 54.4 Å². The molecule has 0 bridgehead atoms. The molecule has 8 heteroatoms. The smallest absolute Gasteiger partial charge is 0.251 e. The van der Waals surface area contributed by atoms with Gasteiger partial charge in [0.15, 0.2) is 11.5 Å². The molecule has 2 aliphatic heterocycles. The standard InChI is InChI=1S/C28H30ClN3O4/c29-24-4-1-2-5-25(24)32-15-13-31(14-16-32)19-21-6-9-23(10-7-21)34-17-3-12-30-28(33)22-8-11-26-27(18-22)36-20-35-26/h1-2,4-11,18H,3,12-17,19-20H2,(H,30,33). The Morgan fingerprint density at radius 3 is 2.53 bits per heavy atom. The van der Waals surface area contributed by atoms with Crippen molar-refractivity contribution < 1.29 is 19.0 Å². The minimum atomic E-state index is -0.134. The van der Waals surface area contributed by atoms with E-state index in [0.717, 1.165) is 49.2 Å². The number of piperazine rings is 1. The Bertz CT molecular complexity index is 1180. The molecular formula is C28H30ClN3O4. The van der Waals surface area contributed by atoms with Crippen molar-refractivity contribution in [3.8, 4) is 17.2 Å². The number of anilines is 1. The number of nitrogens with zero attached hydrogens (tertiary/aromatic N) is 2. The number of hydrogen-bond acceptors (Lipinski definition) is 6. The molecule has 7 nitrogen and oxygen atoms in total. The van der Waals surface area contributed by atoms with Crippen molar-refractivity contribution in [2.45, 2.75) is 13.0 Å². The lowest BCUT2D eigenvalue weighted by atomic mass is 10.2. The Labute approximate surface area is 216 Å². The molecule has 0 radical (unpaired) electrons. The number of halogens is 1. The van der Waals surface area contributed by atoms with E-state index in [1.807, 2.05) is 30.3 Å². The van der Waals surface area contributed by atoms with Crippen LogP contribution in [0, 0.1) is 0 Å². The fourth-order valence-corrected chi connectivity index (χ4v) is 4.66. The highest BCUT2D eigenvalue weighted by atomic mass is 35.5. The van der Waals surface area contributed by atoms with Crippen molar-refractivity contribution in [2.75, 3.05) is 51.0 Å². The molecule has 0 unspecified atom stereocenters. The average Bonchev–Trinajstić information content (AvgIpc) is 3.38. The zero-order valence-electron chi connectivity index (χ0n) is 20.1. The van der Waals surface area contributed by atoms with Gasteiger partial charge in [0.25, 0.3) is 5.91 Å². The van der Waals surface area contributed by atoms with Gasteiger partial charge < -0.3 is 24.4 Å². The number of hydrogen-bond donors (Lipinski definition) is 1. The molecule has 3 aromatic carbocycles. The number of amides is 1. The molecule has 1 amide bonds. The predicted octanol–water partition coefficient (Wildman–Crippen LogP) is 4.59. The van der Waals surface area contributed by atoms with Gasteiger partial charge in [0, 0.05) is 44.8 Å². The third kappa shape index (κ3) is 6.04. The van der Waals surface area contributed by atoms with Gasteiger partial charge in [-0.1, -0.05) is 35.9 Å². The molecule has 0 spiro atoms. The number of carbonyl (C=O) groups is 1. The molecule has 188 valence electrons. The van der Waals surface area contributed by atoms with Crippen molar-refractivity contribution in [3.63, 3.8) is 0 Å². The fourth-order valence-electron chi connectivity index (χ4n) is 4.41. The van der Waals surface area contributed by atoms with Crippen LogP contribution in [-0.4, -0.2) is 56.9 Å². The first-order valence-corrected chi connectivity index (χ1v) is 12.6. The Morgan fingerprint density at radius 2 is 1.72 bits per heavy atom. The molecule has 3 aromatic rings. The lowest BCUT2D eigenvalue weighted by molar-refractivity contribution is 0.0951. The summed E-state index contributed by atoms with van der Waals surface area (Å²) in [6.07, 6.45) is 0.716. The third-order valence-corrected chi connectivity index (χ3v) is 6.72. The lowest BCUT2D eigenvalue weighted by Crippen LogP contribution is -2.46. The number of ether oxygens (including phenoxy) is 3. The highest BCUT2D eigenvalue weighted by Gasteiger charge is 2.19. The van der Waals surface area contributed by atoms with Crippen LogP contribution >= 0.6 is 11.6 Å². The van der Waals surface area contributed by atoms with Crippen LogP contribution in [0.1, 0.15) is 22.3 Å². The lowest BCUT2D eigenvalue weighted by Gasteiger charge is -2.36. The molecule has 0 aliphatic carbocycles. The van der Waals surface area contributed by atoms with Crippen LogP contribution < -0.4 is 24.4 Å². The third-order valence-electron chi connectivity index (χ3n) is 6.41. The first kappa shape index (κ1) is 24.3. The predicted molar refractivity (Wildman–Crippen MR) is 140 cm³/mol. The normalized spacial score (nSPS) is 15.1. The fraction of sp³-hybridized carbons (Fsp3) is 0.321. The summed E-state index contributed by atoms with van der Waals surface area (Å²) in [4.78, 5) is 17.1. The van der Waals surface area contributed by atoms with E-state index < -0.39 is 0 Å². The van der Waals surface area contributed by atoms with Crippen LogP contribution in [0.4, 0.5) is 5.69 Å². The molecule has 36 heavy (non-hydrogen) atoms. The summed E-state index contributed by atoms with van der Waals surface area (Å²) in [5.74, 6) is 1.98. The second-order valence-electron chi connectivity index (χ2n) is 8.88. The number of para-hydroxylation sites is 1. The van der Waals surface area contributed by atoms with Crippen LogP contribution in [0.5, 0.6) is 17.2 Å². The largest absolute Gasteiger partial charge is 0.494 e. The van der Waals surface area contributed by atoms with Crippen LogP contribution in [0.2, 0.25) is 5.02 Å². The van der Waals surface area contributed by atoms with Crippen molar-refractivity contribution in [3.05, 3.63) is 82.9 Å². The van der Waals surface area contributed by atoms with Crippen LogP contribution in [-0.2, 0) is 6.54 Å². The molecule has 2 heterocycles. The van der Waals surface area contributed by atoms with Gasteiger partial charge in [-0.3, -0.25) is 9.69 Å². The second kappa shape index (κ2) is 11.5. The maximum absolute atomic E-state index is 12.3. The number of benzene rings is 3. The van der Waals surface area contributed by atoms with Gasteiger partial charge in [0.05, 0.1) is 17.3 Å². The van der Waals surface area contributed by atoms with Gasteiger partial charge >= 0.3 is 0 Å². The van der Waals surface area contributed by atoms with Crippen molar-refractivity contribution in [1.29, 1.82) is 0 Å². The zero-order chi connectivity index (χ0) is 24.7. The summed E-state index contributed by atoms with van der Waals surface area (Å²) in [5, 5.41) is 3.73. The van der Waals surface area contributed by atoms with Gasteiger partial charge in [0.2, 0.25) is 6.79 Å². The molecule has 0 aromatic heterocycles. The van der Waals surface area contributed by atoms with Gasteiger partial charge in [-0.25, -0.2) is 0 Å². The number of carbonyl (C=O) groups excluding carboxylic acids is 1. The van der Waals surface area contributed by atoms with E-state index in [1.165, 1.54) is 5.56 Å². The summed E-state index contributed by atoms with van der Waals surface area (Å²) >= 11 is 6.35. The molecule has 1 saturated heterocycles. The van der Waals surface area contributed by atoms with Crippen molar-refractivity contribution in [1.82, 2.24) is 10.2 Å². The Balaban J connectivity index is 0.995. The van der Waals surface area contributed by atoms with E-state index >= 15 is 0 Å². The van der Waals surface area contributed by atoms with E-state index in [9.17, 15) is 4.79 Å². The summed E-state index contributed by atoms with van der Waals surface area (Å²) in [5.41, 5.74) is 2.94. The van der Waals surface area contributed by atoms with Gasteiger partial charge in [0.1, 0.15) is 5.75 Å². The number of fused-ring (bicyclic) bond motifs is 1. The van der Waals surface area contributed by atoms with Crippen molar-refractivity contribution in [2.24, 2.45) is 0 Å². The first-order chi connectivity index (χ1) is 17.7. The minimum absolute atomic E-state index is 0.134. The van der Waals surface area contributed by atoms with Crippen molar-refractivity contribution >= 4 is 23.2 Å². The quantitative estimate of drug-likeness (QED) is 0.427. The highest BCUT2D eigenvalue weighted by molar-refractivity contribution is 6.33.